The predicted octanol–water partition coefficient (Wildman–Crippen LogP) is 1.47. The fourth-order valence-corrected chi connectivity index (χ4v) is 2.26. The summed E-state index contributed by atoms with van der Waals surface area (Å²) in [6.07, 6.45) is 1.22. The van der Waals surface area contributed by atoms with Crippen LogP contribution in [-0.2, 0) is 11.3 Å². The number of carbonyl (C=O) groups excluding carboxylic acids is 2. The van der Waals surface area contributed by atoms with Crippen molar-refractivity contribution in [3.05, 3.63) is 69.7 Å². The van der Waals surface area contributed by atoms with Crippen molar-refractivity contribution in [1.82, 2.24) is 15.5 Å². The maximum atomic E-state index is 12.3. The van der Waals surface area contributed by atoms with Gasteiger partial charge in [-0.25, -0.2) is 5.10 Å². The molecule has 0 aliphatic heterocycles. The van der Waals surface area contributed by atoms with Crippen LogP contribution >= 0.6 is 0 Å². The van der Waals surface area contributed by atoms with Gasteiger partial charge in [0.05, 0.1) is 5.69 Å². The van der Waals surface area contributed by atoms with E-state index in [4.69, 9.17) is 0 Å². The maximum absolute atomic E-state index is 12.3. The van der Waals surface area contributed by atoms with Crippen molar-refractivity contribution in [3.8, 4) is 0 Å². The van der Waals surface area contributed by atoms with Crippen molar-refractivity contribution in [2.75, 3.05) is 11.9 Å². The van der Waals surface area contributed by atoms with Crippen LogP contribution in [0, 0.1) is 13.8 Å². The van der Waals surface area contributed by atoms with E-state index in [0.29, 0.717) is 22.5 Å². The van der Waals surface area contributed by atoms with Gasteiger partial charge >= 0.3 is 0 Å². The van der Waals surface area contributed by atoms with Gasteiger partial charge in [-0.1, -0.05) is 6.58 Å². The summed E-state index contributed by atoms with van der Waals surface area (Å²) >= 11 is 0. The smallest absolute Gasteiger partial charge is 0.269 e. The fraction of sp³-hybridized carbons (Fsp3) is 0.222. The summed E-state index contributed by atoms with van der Waals surface area (Å²) in [5.74, 6) is -0.544. The summed E-state index contributed by atoms with van der Waals surface area (Å²) < 4.78 is 0. The Hall–Kier alpha value is -3.22. The number of aromatic amines is 1. The molecule has 0 fully saturated rings. The van der Waals surface area contributed by atoms with E-state index in [2.05, 4.69) is 22.1 Å². The molecule has 0 spiro atoms. The van der Waals surface area contributed by atoms with Crippen molar-refractivity contribution in [2.45, 2.75) is 20.4 Å². The lowest BCUT2D eigenvalue weighted by molar-refractivity contribution is -0.113. The molecule has 2 rings (SSSR count). The van der Waals surface area contributed by atoms with E-state index >= 15 is 0 Å². The first-order valence-corrected chi connectivity index (χ1v) is 7.68. The molecule has 0 aliphatic rings. The number of likely N-dealkylation sites (N-methyl/N-ethyl adjacent to an activating group) is 1. The predicted molar refractivity (Wildman–Crippen MR) is 95.6 cm³/mol. The van der Waals surface area contributed by atoms with Crippen molar-refractivity contribution in [2.24, 2.45) is 0 Å². The lowest BCUT2D eigenvalue weighted by atomic mass is 10.1. The van der Waals surface area contributed by atoms with Crippen LogP contribution in [0.3, 0.4) is 0 Å². The molecule has 0 bridgehead atoms. The van der Waals surface area contributed by atoms with Gasteiger partial charge in [-0.05, 0) is 49.8 Å². The van der Waals surface area contributed by atoms with E-state index in [-0.39, 0.29) is 23.9 Å². The normalized spacial score (nSPS) is 10.2. The topological polar surface area (TPSA) is 95.2 Å². The highest BCUT2D eigenvalue weighted by Crippen LogP contribution is 2.14. The molecular weight excluding hydrogens is 320 g/mol. The van der Waals surface area contributed by atoms with Gasteiger partial charge in [0.2, 0.25) is 5.91 Å². The fourth-order valence-electron chi connectivity index (χ4n) is 2.26. The molecule has 7 nitrogen and oxygen atoms in total. The second-order valence-corrected chi connectivity index (χ2v) is 5.57. The van der Waals surface area contributed by atoms with E-state index in [1.54, 1.807) is 45.2 Å². The number of benzene rings is 1. The number of hydrogen-bond acceptors (Lipinski definition) is 4. The number of carbonyl (C=O) groups is 2. The van der Waals surface area contributed by atoms with Gasteiger partial charge in [0.25, 0.3) is 11.5 Å². The number of H-pyrrole nitrogens is 1. The Morgan fingerprint density at radius 2 is 1.92 bits per heavy atom. The molecule has 1 aromatic heterocycles. The van der Waals surface area contributed by atoms with Crippen LogP contribution in [-0.4, -0.2) is 29.1 Å². The molecule has 130 valence electrons. The molecule has 25 heavy (non-hydrogen) atoms. The first kappa shape index (κ1) is 18.1. The molecule has 0 radical (unpaired) electrons. The third-order valence-corrected chi connectivity index (χ3v) is 4.04. The third-order valence-electron chi connectivity index (χ3n) is 4.04. The summed E-state index contributed by atoms with van der Waals surface area (Å²) in [5, 5.41) is 9.01. The number of nitrogens with zero attached hydrogens (tertiary/aromatic N) is 2. The highest BCUT2D eigenvalue weighted by atomic mass is 16.2. The minimum atomic E-state index is -0.316. The second kappa shape index (κ2) is 7.57. The van der Waals surface area contributed by atoms with Crippen LogP contribution in [0.25, 0.3) is 0 Å². The van der Waals surface area contributed by atoms with Crippen LogP contribution in [0.4, 0.5) is 5.69 Å². The van der Waals surface area contributed by atoms with Gasteiger partial charge in [-0.2, -0.15) is 5.10 Å². The summed E-state index contributed by atoms with van der Waals surface area (Å²) in [6.45, 7) is 7.13. The third kappa shape index (κ3) is 4.00. The van der Waals surface area contributed by atoms with E-state index in [9.17, 15) is 14.4 Å². The van der Waals surface area contributed by atoms with E-state index < -0.39 is 0 Å². The van der Waals surface area contributed by atoms with Crippen LogP contribution < -0.4 is 15.8 Å². The lowest BCUT2D eigenvalue weighted by Crippen LogP contribution is -2.28. The maximum Gasteiger partial charge on any atom is 0.269 e. The van der Waals surface area contributed by atoms with Gasteiger partial charge in [0.1, 0.15) is 0 Å². The average Bonchev–Trinajstić information content (AvgIpc) is 2.63. The largest absolute Gasteiger partial charge is 0.348 e. The van der Waals surface area contributed by atoms with E-state index in [0.717, 1.165) is 5.56 Å². The quantitative estimate of drug-likeness (QED) is 0.806. The number of aromatic nitrogens is 2. The molecule has 2 amide bonds. The summed E-state index contributed by atoms with van der Waals surface area (Å²) in [7, 11) is 1.62. The zero-order valence-corrected chi connectivity index (χ0v) is 14.4. The molecule has 0 saturated heterocycles. The van der Waals surface area contributed by atoms with E-state index in [1.165, 1.54) is 11.0 Å². The molecule has 0 atom stereocenters. The summed E-state index contributed by atoms with van der Waals surface area (Å²) in [6, 6.07) is 6.58. The number of rotatable bonds is 5. The molecule has 7 heteroatoms. The lowest BCUT2D eigenvalue weighted by Gasteiger charge is -2.15. The number of anilines is 1. The van der Waals surface area contributed by atoms with Crippen molar-refractivity contribution >= 4 is 17.5 Å². The van der Waals surface area contributed by atoms with Gasteiger partial charge in [0, 0.05) is 30.4 Å². The Kier molecular flexibility index (Phi) is 5.49. The Morgan fingerprint density at radius 1 is 1.28 bits per heavy atom. The standard InChI is InChI=1S/C18H20N4O3/c1-5-16(23)22(4)14-8-6-13(7-9-14)17(24)19-10-15-11(2)12(3)20-21-18(15)25/h5-9H,1,10H2,2-4H3,(H,19,24)(H,21,25). The van der Waals surface area contributed by atoms with Crippen LogP contribution in [0.1, 0.15) is 27.2 Å². The molecule has 1 heterocycles. The molecule has 0 aliphatic carbocycles. The number of aryl methyl sites for hydroxylation is 1. The van der Waals surface area contributed by atoms with Gasteiger partial charge in [0.15, 0.2) is 0 Å². The van der Waals surface area contributed by atoms with Crippen molar-refractivity contribution in [1.29, 1.82) is 0 Å². The molecule has 1 aromatic carbocycles. The Morgan fingerprint density at radius 3 is 2.52 bits per heavy atom. The highest BCUT2D eigenvalue weighted by molar-refractivity contribution is 6.01. The Labute approximate surface area is 145 Å². The number of amides is 2. The molecule has 0 saturated carbocycles. The SMILES string of the molecule is C=CC(=O)N(C)c1ccc(C(=O)NCc2c(C)c(C)n[nH]c2=O)cc1. The zero-order chi connectivity index (χ0) is 18.6. The first-order valence-electron chi connectivity index (χ1n) is 7.68. The van der Waals surface area contributed by atoms with E-state index in [1.807, 2.05) is 0 Å². The summed E-state index contributed by atoms with van der Waals surface area (Å²) in [4.78, 5) is 37.1. The minimum Gasteiger partial charge on any atom is -0.348 e. The number of nitrogens with one attached hydrogen (secondary N) is 2. The van der Waals surface area contributed by atoms with Gasteiger partial charge < -0.3 is 10.2 Å². The minimum absolute atomic E-state index is 0.111. The highest BCUT2D eigenvalue weighted by Gasteiger charge is 2.12. The van der Waals surface area contributed by atoms with Crippen LogP contribution in [0.5, 0.6) is 0 Å². The molecule has 2 aromatic rings. The number of hydrogen-bond donors (Lipinski definition) is 2. The van der Waals surface area contributed by atoms with Crippen LogP contribution in [0.2, 0.25) is 0 Å². The first-order chi connectivity index (χ1) is 11.8. The average molecular weight is 340 g/mol. The Balaban J connectivity index is 2.10. The van der Waals surface area contributed by atoms with Gasteiger partial charge in [-0.15, -0.1) is 0 Å². The van der Waals surface area contributed by atoms with Crippen molar-refractivity contribution < 1.29 is 9.59 Å². The van der Waals surface area contributed by atoms with Gasteiger partial charge in [-0.3, -0.25) is 14.4 Å². The van der Waals surface area contributed by atoms with Crippen LogP contribution in [0.15, 0.2) is 41.7 Å². The molecule has 0 unspecified atom stereocenters. The molecular formula is C18H20N4O3. The second-order valence-electron chi connectivity index (χ2n) is 5.57. The van der Waals surface area contributed by atoms with Crippen molar-refractivity contribution in [3.63, 3.8) is 0 Å². The Bertz CT molecular complexity index is 869. The molecule has 2 N–H and O–H groups in total. The summed E-state index contributed by atoms with van der Waals surface area (Å²) in [5.41, 5.74) is 2.71. The zero-order valence-electron chi connectivity index (χ0n) is 14.4. The monoisotopic (exact) mass is 340 g/mol.